The minimum absolute atomic E-state index is 0.00798. The predicted octanol–water partition coefficient (Wildman–Crippen LogP) is 2.76. The Morgan fingerprint density at radius 1 is 1.12 bits per heavy atom. The first kappa shape index (κ1) is 22.6. The molecule has 1 spiro atoms. The third-order valence-electron chi connectivity index (χ3n) is 7.54. The smallest absolute Gasteiger partial charge is 0.250 e. The molecule has 0 aromatic heterocycles. The molecule has 7 heteroatoms. The van der Waals surface area contributed by atoms with Crippen molar-refractivity contribution in [1.82, 2.24) is 15.1 Å². The van der Waals surface area contributed by atoms with Gasteiger partial charge in [-0.1, -0.05) is 38.0 Å². The molecule has 1 saturated carbocycles. The molecule has 174 valence electrons. The van der Waals surface area contributed by atoms with Crippen LogP contribution in [-0.4, -0.2) is 65.4 Å². The van der Waals surface area contributed by atoms with Gasteiger partial charge in [0.25, 0.3) is 5.91 Å². The summed E-state index contributed by atoms with van der Waals surface area (Å²) in [6.07, 6.45) is 6.32. The zero-order valence-electron chi connectivity index (χ0n) is 19.4. The van der Waals surface area contributed by atoms with Gasteiger partial charge in [0.05, 0.1) is 6.67 Å². The van der Waals surface area contributed by atoms with Gasteiger partial charge < -0.3 is 20.0 Å². The number of rotatable bonds is 6. The summed E-state index contributed by atoms with van der Waals surface area (Å²) in [4.78, 5) is 45.0. The van der Waals surface area contributed by atoms with Crippen LogP contribution in [0.25, 0.3) is 0 Å². The number of para-hydroxylation sites is 1. The second kappa shape index (κ2) is 9.51. The molecule has 0 radical (unpaired) electrons. The van der Waals surface area contributed by atoms with Crippen LogP contribution in [0.3, 0.4) is 0 Å². The predicted molar refractivity (Wildman–Crippen MR) is 124 cm³/mol. The summed E-state index contributed by atoms with van der Waals surface area (Å²) in [5, 5.41) is 2.97. The Kier molecular flexibility index (Phi) is 6.72. The van der Waals surface area contributed by atoms with Gasteiger partial charge in [-0.2, -0.15) is 0 Å². The number of likely N-dealkylation sites (tertiary alicyclic amines) is 1. The highest BCUT2D eigenvalue weighted by Crippen LogP contribution is 2.40. The van der Waals surface area contributed by atoms with Crippen LogP contribution in [-0.2, 0) is 14.4 Å². The molecule has 32 heavy (non-hydrogen) atoms. The van der Waals surface area contributed by atoms with E-state index in [1.807, 2.05) is 49.1 Å². The van der Waals surface area contributed by atoms with Crippen LogP contribution in [0.2, 0.25) is 0 Å². The normalized spacial score (nSPS) is 21.9. The highest BCUT2D eigenvalue weighted by atomic mass is 16.2. The van der Waals surface area contributed by atoms with Gasteiger partial charge in [-0.25, -0.2) is 0 Å². The molecule has 1 N–H and O–H groups in total. The first-order chi connectivity index (χ1) is 15.4. The van der Waals surface area contributed by atoms with Gasteiger partial charge in [-0.3, -0.25) is 14.4 Å². The molecule has 1 atom stereocenters. The Balaban J connectivity index is 1.51. The van der Waals surface area contributed by atoms with Crippen LogP contribution in [0.1, 0.15) is 58.8 Å². The Labute approximate surface area is 191 Å². The maximum atomic E-state index is 13.7. The second-order valence-electron chi connectivity index (χ2n) is 9.62. The van der Waals surface area contributed by atoms with E-state index in [-0.39, 0.29) is 36.2 Å². The van der Waals surface area contributed by atoms with E-state index in [4.69, 9.17) is 0 Å². The van der Waals surface area contributed by atoms with Gasteiger partial charge in [0.2, 0.25) is 11.8 Å². The molecular weight excluding hydrogens is 404 g/mol. The number of amides is 3. The molecule has 1 aromatic rings. The van der Waals surface area contributed by atoms with Crippen molar-refractivity contribution >= 4 is 23.4 Å². The fourth-order valence-electron chi connectivity index (χ4n) is 5.45. The summed E-state index contributed by atoms with van der Waals surface area (Å²) < 4.78 is 0. The van der Waals surface area contributed by atoms with Crippen LogP contribution >= 0.6 is 0 Å². The summed E-state index contributed by atoms with van der Waals surface area (Å²) in [6.45, 7) is 5.65. The molecule has 4 rings (SSSR count). The van der Waals surface area contributed by atoms with Gasteiger partial charge in [-0.15, -0.1) is 0 Å². The lowest BCUT2D eigenvalue weighted by molar-refractivity contribution is -0.141. The number of carbonyl (C=O) groups is 3. The van der Waals surface area contributed by atoms with Crippen molar-refractivity contribution in [3.05, 3.63) is 30.3 Å². The van der Waals surface area contributed by atoms with E-state index in [0.29, 0.717) is 32.6 Å². The number of piperidine rings is 1. The lowest BCUT2D eigenvalue weighted by atomic mass is 9.85. The lowest BCUT2D eigenvalue weighted by Crippen LogP contribution is -2.58. The van der Waals surface area contributed by atoms with Crippen LogP contribution in [0, 0.1) is 5.92 Å². The number of nitrogens with one attached hydrogen (secondary N) is 1. The monoisotopic (exact) mass is 440 g/mol. The zero-order chi connectivity index (χ0) is 22.7. The van der Waals surface area contributed by atoms with Crippen molar-refractivity contribution < 1.29 is 14.4 Å². The van der Waals surface area contributed by atoms with Crippen molar-refractivity contribution in [2.24, 2.45) is 5.92 Å². The molecule has 2 heterocycles. The average Bonchev–Trinajstić information content (AvgIpc) is 3.43. The van der Waals surface area contributed by atoms with E-state index in [1.165, 1.54) is 0 Å². The Morgan fingerprint density at radius 2 is 1.78 bits per heavy atom. The first-order valence-electron chi connectivity index (χ1n) is 12.1. The highest BCUT2D eigenvalue weighted by molar-refractivity contribution is 5.96. The summed E-state index contributed by atoms with van der Waals surface area (Å²) in [5.41, 5.74) is 0.297. The Bertz CT molecular complexity index is 829. The molecule has 2 saturated heterocycles. The van der Waals surface area contributed by atoms with E-state index in [2.05, 4.69) is 10.2 Å². The van der Waals surface area contributed by atoms with Gasteiger partial charge >= 0.3 is 0 Å². The topological polar surface area (TPSA) is 73.0 Å². The molecule has 1 aliphatic carbocycles. The van der Waals surface area contributed by atoms with Crippen molar-refractivity contribution in [3.8, 4) is 0 Å². The zero-order valence-corrected chi connectivity index (χ0v) is 19.4. The minimum atomic E-state index is -0.690. The van der Waals surface area contributed by atoms with Crippen molar-refractivity contribution in [2.45, 2.75) is 70.4 Å². The van der Waals surface area contributed by atoms with Crippen molar-refractivity contribution in [3.63, 3.8) is 0 Å². The molecule has 3 amide bonds. The summed E-state index contributed by atoms with van der Waals surface area (Å²) in [7, 11) is 0. The molecule has 0 bridgehead atoms. The molecule has 7 nitrogen and oxygen atoms in total. The summed E-state index contributed by atoms with van der Waals surface area (Å²) in [5.74, 6) is 0.313. The standard InChI is InChI=1S/C25H36N4O3/c1-3-19(2)26-22(30)17-28-18-29(21-11-5-4-6-12-21)25(24(28)32)13-15-27(16-14-25)23(31)20-9-7-8-10-20/h4-6,11-12,19-20H,3,7-10,13-18H2,1-2H3,(H,26,30). The van der Waals surface area contributed by atoms with Gasteiger partial charge in [0, 0.05) is 30.7 Å². The fraction of sp³-hybridized carbons (Fsp3) is 0.640. The molecule has 3 fully saturated rings. The van der Waals surface area contributed by atoms with E-state index >= 15 is 0 Å². The quantitative estimate of drug-likeness (QED) is 0.738. The average molecular weight is 441 g/mol. The molecule has 1 aromatic carbocycles. The number of hydrogen-bond donors (Lipinski definition) is 1. The van der Waals surface area contributed by atoms with E-state index in [0.717, 1.165) is 37.8 Å². The summed E-state index contributed by atoms with van der Waals surface area (Å²) in [6, 6.07) is 10.1. The molecule has 3 aliphatic rings. The Hall–Kier alpha value is -2.57. The van der Waals surface area contributed by atoms with Crippen LogP contribution < -0.4 is 10.2 Å². The maximum absolute atomic E-state index is 13.7. The largest absolute Gasteiger partial charge is 0.352 e. The third kappa shape index (κ3) is 4.34. The maximum Gasteiger partial charge on any atom is 0.250 e. The summed E-state index contributed by atoms with van der Waals surface area (Å²) >= 11 is 0. The lowest BCUT2D eigenvalue weighted by Gasteiger charge is -2.43. The van der Waals surface area contributed by atoms with Crippen LogP contribution in [0.15, 0.2) is 30.3 Å². The fourth-order valence-corrected chi connectivity index (χ4v) is 5.45. The van der Waals surface area contributed by atoms with Gasteiger partial charge in [0.15, 0.2) is 0 Å². The minimum Gasteiger partial charge on any atom is -0.352 e. The second-order valence-corrected chi connectivity index (χ2v) is 9.62. The number of carbonyl (C=O) groups excluding carboxylic acids is 3. The number of anilines is 1. The SMILES string of the molecule is CCC(C)NC(=O)CN1CN(c2ccccc2)C2(CCN(C(=O)C3CCCC3)CC2)C1=O. The third-order valence-corrected chi connectivity index (χ3v) is 7.54. The van der Waals surface area contributed by atoms with E-state index in [9.17, 15) is 14.4 Å². The first-order valence-corrected chi connectivity index (χ1v) is 12.1. The van der Waals surface area contributed by atoms with Crippen LogP contribution in [0.4, 0.5) is 5.69 Å². The van der Waals surface area contributed by atoms with Crippen LogP contribution in [0.5, 0.6) is 0 Å². The van der Waals surface area contributed by atoms with Gasteiger partial charge in [-0.05, 0) is 51.2 Å². The van der Waals surface area contributed by atoms with Gasteiger partial charge in [0.1, 0.15) is 12.1 Å². The molecule has 2 aliphatic heterocycles. The number of nitrogens with zero attached hydrogens (tertiary/aromatic N) is 3. The number of hydrogen-bond acceptors (Lipinski definition) is 4. The molecule has 1 unspecified atom stereocenters. The van der Waals surface area contributed by atoms with Crippen molar-refractivity contribution in [2.75, 3.05) is 31.2 Å². The van der Waals surface area contributed by atoms with Crippen molar-refractivity contribution in [1.29, 1.82) is 0 Å². The van der Waals surface area contributed by atoms with E-state index in [1.54, 1.807) is 4.90 Å². The molecular formula is C25H36N4O3. The van der Waals surface area contributed by atoms with E-state index < -0.39 is 5.54 Å². The Morgan fingerprint density at radius 3 is 2.41 bits per heavy atom. The number of benzene rings is 1. The highest BCUT2D eigenvalue weighted by Gasteiger charge is 2.54.